The molecule has 0 amide bonds. The molecule has 2 N–H and O–H groups in total. The molecule has 0 spiro atoms. The molecule has 0 aliphatic rings. The van der Waals surface area contributed by atoms with Gasteiger partial charge in [0.1, 0.15) is 23.8 Å². The smallest absolute Gasteiger partial charge is 0.226 e. The Morgan fingerprint density at radius 3 is 2.46 bits per heavy atom. The van der Waals surface area contributed by atoms with E-state index in [1.165, 1.54) is 5.56 Å². The Bertz CT molecular complexity index is 795. The number of nitrogens with zero attached hydrogens (tertiary/aromatic N) is 1. The van der Waals surface area contributed by atoms with Crippen molar-refractivity contribution in [3.8, 4) is 17.2 Å². The topological polar surface area (TPSA) is 61.3 Å². The summed E-state index contributed by atoms with van der Waals surface area (Å²) in [5.74, 6) is 2.12. The van der Waals surface area contributed by atoms with Crippen LogP contribution >= 0.6 is 11.6 Å². The number of hydrogen-bond acceptors (Lipinski definition) is 4. The van der Waals surface area contributed by atoms with Crippen molar-refractivity contribution < 1.29 is 9.15 Å². The van der Waals surface area contributed by atoms with Crippen LogP contribution in [0.4, 0.5) is 0 Å². The lowest BCUT2D eigenvalue weighted by molar-refractivity contribution is 0.299. The van der Waals surface area contributed by atoms with Gasteiger partial charge in [-0.15, -0.1) is 0 Å². The van der Waals surface area contributed by atoms with Gasteiger partial charge in [0.25, 0.3) is 0 Å². The Balaban J connectivity index is 1.68. The van der Waals surface area contributed by atoms with Gasteiger partial charge in [-0.2, -0.15) is 0 Å². The van der Waals surface area contributed by atoms with Crippen LogP contribution in [-0.2, 0) is 13.0 Å². The fraction of sp³-hybridized carbons (Fsp3) is 0.211. The Morgan fingerprint density at radius 2 is 1.79 bits per heavy atom. The van der Waals surface area contributed by atoms with Crippen LogP contribution in [0.1, 0.15) is 17.0 Å². The number of rotatable bonds is 6. The highest BCUT2D eigenvalue weighted by molar-refractivity contribution is 6.30. The zero-order valence-corrected chi connectivity index (χ0v) is 14.2. The van der Waals surface area contributed by atoms with Gasteiger partial charge in [-0.3, -0.25) is 0 Å². The zero-order chi connectivity index (χ0) is 16.9. The standard InChI is InChI=1S/C19H19ClN2O2/c1-13-18(12-23-17-8-2-14(3-9-17)10-11-21)22-19(24-13)15-4-6-16(20)7-5-15/h2-9H,10-12,21H2,1H3. The minimum absolute atomic E-state index is 0.360. The lowest BCUT2D eigenvalue weighted by atomic mass is 10.1. The van der Waals surface area contributed by atoms with Crippen molar-refractivity contribution in [2.45, 2.75) is 20.0 Å². The SMILES string of the molecule is Cc1oc(-c2ccc(Cl)cc2)nc1COc1ccc(CCN)cc1. The number of oxazole rings is 1. The van der Waals surface area contributed by atoms with Gasteiger partial charge in [0, 0.05) is 10.6 Å². The predicted octanol–water partition coefficient (Wildman–Crippen LogP) is 4.38. The first kappa shape index (κ1) is 16.6. The highest BCUT2D eigenvalue weighted by Crippen LogP contribution is 2.24. The van der Waals surface area contributed by atoms with E-state index in [-0.39, 0.29) is 0 Å². The van der Waals surface area contributed by atoms with Crippen LogP contribution in [0.5, 0.6) is 5.75 Å². The third-order valence-electron chi connectivity index (χ3n) is 3.72. The van der Waals surface area contributed by atoms with Crippen molar-refractivity contribution in [1.29, 1.82) is 0 Å². The Kier molecular flexibility index (Phi) is 5.18. The van der Waals surface area contributed by atoms with Crippen molar-refractivity contribution in [2.75, 3.05) is 6.54 Å². The summed E-state index contributed by atoms with van der Waals surface area (Å²) >= 11 is 5.91. The summed E-state index contributed by atoms with van der Waals surface area (Å²) in [6.45, 7) is 2.89. The molecule has 3 rings (SSSR count). The first-order valence-electron chi connectivity index (χ1n) is 7.80. The summed E-state index contributed by atoms with van der Waals surface area (Å²) in [4.78, 5) is 4.52. The van der Waals surface area contributed by atoms with Crippen molar-refractivity contribution >= 4 is 11.6 Å². The third-order valence-corrected chi connectivity index (χ3v) is 3.97. The van der Waals surface area contributed by atoms with Crippen LogP contribution in [0.2, 0.25) is 5.02 Å². The summed E-state index contributed by atoms with van der Waals surface area (Å²) in [6, 6.07) is 15.3. The summed E-state index contributed by atoms with van der Waals surface area (Å²) in [6.07, 6.45) is 0.868. The van der Waals surface area contributed by atoms with Gasteiger partial charge in [0.15, 0.2) is 0 Å². The van der Waals surface area contributed by atoms with Crippen molar-refractivity contribution in [3.05, 3.63) is 70.6 Å². The molecule has 4 nitrogen and oxygen atoms in total. The van der Waals surface area contributed by atoms with Crippen LogP contribution in [0.15, 0.2) is 52.9 Å². The second-order valence-electron chi connectivity index (χ2n) is 5.50. The minimum Gasteiger partial charge on any atom is -0.487 e. The zero-order valence-electron chi connectivity index (χ0n) is 13.5. The van der Waals surface area contributed by atoms with Gasteiger partial charge in [-0.1, -0.05) is 23.7 Å². The van der Waals surface area contributed by atoms with Crippen molar-refractivity contribution in [3.63, 3.8) is 0 Å². The number of benzene rings is 2. The molecular weight excluding hydrogens is 324 g/mol. The number of ether oxygens (including phenoxy) is 1. The summed E-state index contributed by atoms with van der Waals surface area (Å²) in [5, 5.41) is 0.684. The third kappa shape index (κ3) is 3.96. The number of aryl methyl sites for hydroxylation is 1. The monoisotopic (exact) mass is 342 g/mol. The molecule has 0 aliphatic heterocycles. The maximum atomic E-state index is 5.91. The second kappa shape index (κ2) is 7.51. The van der Waals surface area contributed by atoms with E-state index in [0.29, 0.717) is 24.1 Å². The normalized spacial score (nSPS) is 10.8. The van der Waals surface area contributed by atoms with E-state index < -0.39 is 0 Å². The average molecular weight is 343 g/mol. The van der Waals surface area contributed by atoms with Gasteiger partial charge in [0.2, 0.25) is 5.89 Å². The molecule has 0 radical (unpaired) electrons. The van der Waals surface area contributed by atoms with Crippen molar-refractivity contribution in [1.82, 2.24) is 4.98 Å². The fourth-order valence-electron chi connectivity index (χ4n) is 2.35. The highest BCUT2D eigenvalue weighted by atomic mass is 35.5. The van der Waals surface area contributed by atoms with E-state index in [1.807, 2.05) is 55.5 Å². The fourth-order valence-corrected chi connectivity index (χ4v) is 2.47. The molecule has 24 heavy (non-hydrogen) atoms. The molecule has 1 heterocycles. The van der Waals surface area contributed by atoms with Crippen LogP contribution in [-0.4, -0.2) is 11.5 Å². The van der Waals surface area contributed by atoms with Gasteiger partial charge in [-0.25, -0.2) is 4.98 Å². The lowest BCUT2D eigenvalue weighted by Gasteiger charge is -2.05. The summed E-state index contributed by atoms with van der Waals surface area (Å²) < 4.78 is 11.5. The molecule has 0 bridgehead atoms. The largest absolute Gasteiger partial charge is 0.487 e. The molecule has 3 aromatic rings. The van der Waals surface area contributed by atoms with Gasteiger partial charge in [0.05, 0.1) is 0 Å². The Morgan fingerprint density at radius 1 is 1.08 bits per heavy atom. The van der Waals surface area contributed by atoms with E-state index >= 15 is 0 Å². The van der Waals surface area contributed by atoms with Crippen LogP contribution in [0, 0.1) is 6.92 Å². The van der Waals surface area contributed by atoms with E-state index in [9.17, 15) is 0 Å². The van der Waals surface area contributed by atoms with E-state index in [2.05, 4.69) is 4.98 Å². The number of hydrogen-bond donors (Lipinski definition) is 1. The molecule has 5 heteroatoms. The van der Waals surface area contributed by atoms with E-state index in [0.717, 1.165) is 29.2 Å². The molecule has 0 fully saturated rings. The maximum absolute atomic E-state index is 5.91. The van der Waals surface area contributed by atoms with Crippen LogP contribution in [0.25, 0.3) is 11.5 Å². The quantitative estimate of drug-likeness (QED) is 0.722. The first-order chi connectivity index (χ1) is 11.7. The molecule has 0 saturated carbocycles. The molecule has 2 aromatic carbocycles. The molecule has 0 aliphatic carbocycles. The first-order valence-corrected chi connectivity index (χ1v) is 8.17. The molecule has 0 atom stereocenters. The lowest BCUT2D eigenvalue weighted by Crippen LogP contribution is -2.02. The van der Waals surface area contributed by atoms with Gasteiger partial charge in [-0.05, 0) is 61.9 Å². The Labute approximate surface area is 146 Å². The van der Waals surface area contributed by atoms with Crippen LogP contribution in [0.3, 0.4) is 0 Å². The predicted molar refractivity (Wildman–Crippen MR) is 95.2 cm³/mol. The van der Waals surface area contributed by atoms with E-state index in [1.54, 1.807) is 0 Å². The van der Waals surface area contributed by atoms with E-state index in [4.69, 9.17) is 26.5 Å². The summed E-state index contributed by atoms with van der Waals surface area (Å²) in [5.41, 5.74) is 8.42. The second-order valence-corrected chi connectivity index (χ2v) is 5.94. The highest BCUT2D eigenvalue weighted by Gasteiger charge is 2.12. The molecular formula is C19H19ClN2O2. The van der Waals surface area contributed by atoms with Crippen molar-refractivity contribution in [2.24, 2.45) is 5.73 Å². The number of nitrogens with two attached hydrogens (primary N) is 1. The minimum atomic E-state index is 0.360. The molecule has 1 aromatic heterocycles. The molecule has 124 valence electrons. The number of halogens is 1. The molecule has 0 saturated heterocycles. The van der Waals surface area contributed by atoms with Gasteiger partial charge >= 0.3 is 0 Å². The maximum Gasteiger partial charge on any atom is 0.226 e. The molecule has 0 unspecified atom stereocenters. The van der Waals surface area contributed by atoms with Gasteiger partial charge < -0.3 is 14.9 Å². The average Bonchev–Trinajstić information content (AvgIpc) is 2.96. The van der Waals surface area contributed by atoms with Crippen LogP contribution < -0.4 is 10.5 Å². The number of aromatic nitrogens is 1. The Hall–Kier alpha value is -2.30. The summed E-state index contributed by atoms with van der Waals surface area (Å²) in [7, 11) is 0.